The quantitative estimate of drug-likeness (QED) is 0.655. The second-order valence-electron chi connectivity index (χ2n) is 6.56. The summed E-state index contributed by atoms with van der Waals surface area (Å²) in [6.45, 7) is 1.99. The van der Waals surface area contributed by atoms with Gasteiger partial charge in [-0.1, -0.05) is 0 Å². The number of aromatic nitrogens is 5. The fourth-order valence-corrected chi connectivity index (χ4v) is 4.61. The maximum absolute atomic E-state index is 12.1. The van der Waals surface area contributed by atoms with Gasteiger partial charge >= 0.3 is 0 Å². The van der Waals surface area contributed by atoms with Gasteiger partial charge in [0.25, 0.3) is 0 Å². The van der Waals surface area contributed by atoms with E-state index in [1.807, 2.05) is 6.07 Å². The van der Waals surface area contributed by atoms with Crippen molar-refractivity contribution in [1.82, 2.24) is 29.0 Å². The van der Waals surface area contributed by atoms with Crippen LogP contribution in [0.1, 0.15) is 13.3 Å². The molecule has 3 aromatic rings. The van der Waals surface area contributed by atoms with Gasteiger partial charge in [-0.3, -0.25) is 4.68 Å². The Labute approximate surface area is 155 Å². The predicted molar refractivity (Wildman–Crippen MR) is 98.8 cm³/mol. The van der Waals surface area contributed by atoms with Crippen LogP contribution in [0.15, 0.2) is 24.8 Å². The number of nitrogen functional groups attached to an aromatic ring is 1. The number of H-pyrrole nitrogens is 1. The molecule has 10 nitrogen and oxygen atoms in total. The third-order valence-corrected chi connectivity index (χ3v) is 6.72. The average Bonchev–Trinajstić information content (AvgIpc) is 3.24. The minimum atomic E-state index is -3.31. The molecule has 0 amide bonds. The molecule has 4 heterocycles. The van der Waals surface area contributed by atoms with Gasteiger partial charge in [-0.05, 0) is 13.0 Å². The van der Waals surface area contributed by atoms with Crippen molar-refractivity contribution in [3.8, 4) is 17.3 Å². The molecule has 27 heavy (non-hydrogen) atoms. The largest absolute Gasteiger partial charge is 0.382 e. The summed E-state index contributed by atoms with van der Waals surface area (Å²) in [6.07, 6.45) is 5.07. The number of hydrogen-bond acceptors (Lipinski definition) is 7. The molecule has 3 N–H and O–H groups in total. The zero-order chi connectivity index (χ0) is 19.2. The smallest absolute Gasteiger partial charge is 0.213 e. The molecular formula is C16H18N8O2S. The summed E-state index contributed by atoms with van der Waals surface area (Å²) >= 11 is 0. The van der Waals surface area contributed by atoms with Crippen molar-refractivity contribution < 1.29 is 8.42 Å². The van der Waals surface area contributed by atoms with Gasteiger partial charge in [-0.25, -0.2) is 18.4 Å². The Hall–Kier alpha value is -2.97. The lowest BCUT2D eigenvalue weighted by Gasteiger charge is -2.47. The van der Waals surface area contributed by atoms with Crippen LogP contribution >= 0.6 is 0 Å². The van der Waals surface area contributed by atoms with Gasteiger partial charge in [-0.15, -0.1) is 0 Å². The van der Waals surface area contributed by atoms with Crippen LogP contribution in [0.3, 0.4) is 0 Å². The normalized spacial score (nSPS) is 16.9. The first kappa shape index (κ1) is 17.4. The van der Waals surface area contributed by atoms with Gasteiger partial charge in [0.2, 0.25) is 10.0 Å². The summed E-state index contributed by atoms with van der Waals surface area (Å²) in [4.78, 5) is 11.5. The molecule has 0 atom stereocenters. The molecule has 1 aliphatic heterocycles. The molecule has 0 aromatic carbocycles. The number of anilines is 1. The number of nitrogens with zero attached hydrogens (tertiary/aromatic N) is 6. The molecule has 140 valence electrons. The fraction of sp³-hybridized carbons (Fsp3) is 0.375. The summed E-state index contributed by atoms with van der Waals surface area (Å²) in [5.41, 5.74) is 7.34. The molecule has 0 saturated carbocycles. The van der Waals surface area contributed by atoms with Gasteiger partial charge in [-0.2, -0.15) is 14.7 Å². The van der Waals surface area contributed by atoms with Crippen LogP contribution in [-0.2, 0) is 15.6 Å². The highest BCUT2D eigenvalue weighted by atomic mass is 32.2. The highest BCUT2D eigenvalue weighted by Crippen LogP contribution is 2.37. The van der Waals surface area contributed by atoms with Crippen LogP contribution in [0.4, 0.5) is 5.82 Å². The van der Waals surface area contributed by atoms with Crippen molar-refractivity contribution in [2.45, 2.75) is 18.9 Å². The van der Waals surface area contributed by atoms with E-state index in [1.54, 1.807) is 24.0 Å². The van der Waals surface area contributed by atoms with Crippen LogP contribution in [0.2, 0.25) is 0 Å². The monoisotopic (exact) mass is 386 g/mol. The molecule has 0 aliphatic carbocycles. The zero-order valence-electron chi connectivity index (χ0n) is 14.6. The molecule has 3 aromatic heterocycles. The van der Waals surface area contributed by atoms with Crippen molar-refractivity contribution in [2.24, 2.45) is 0 Å². The standard InChI is InChI=1S/C16H18N8O2S/c1-2-27(25,26)23-8-16(9-23,4-5-17)24-7-12(14(18)22-24)13-11-3-6-19-15(11)21-10-20-13/h3,6-7,10H,2,4,8-9H2,1H3,(H2,18,22)(H,19,20,21). The summed E-state index contributed by atoms with van der Waals surface area (Å²) in [7, 11) is -3.31. The van der Waals surface area contributed by atoms with Crippen LogP contribution in [-0.4, -0.2) is 56.3 Å². The number of rotatable bonds is 5. The van der Waals surface area contributed by atoms with Gasteiger partial charge in [0.05, 0.1) is 29.5 Å². The number of aromatic amines is 1. The topological polar surface area (TPSA) is 147 Å². The first-order chi connectivity index (χ1) is 12.9. The summed E-state index contributed by atoms with van der Waals surface area (Å²) in [5.74, 6) is 0.291. The van der Waals surface area contributed by atoms with Crippen molar-refractivity contribution in [1.29, 1.82) is 5.26 Å². The first-order valence-corrected chi connectivity index (χ1v) is 10.00. The lowest BCUT2D eigenvalue weighted by molar-refractivity contribution is 0.0722. The van der Waals surface area contributed by atoms with Gasteiger partial charge in [0.1, 0.15) is 17.5 Å². The van der Waals surface area contributed by atoms with Gasteiger partial charge in [0.15, 0.2) is 5.82 Å². The Kier molecular flexibility index (Phi) is 3.90. The Balaban J connectivity index is 1.74. The molecule has 11 heteroatoms. The van der Waals surface area contributed by atoms with E-state index < -0.39 is 15.6 Å². The lowest BCUT2D eigenvalue weighted by atomic mass is 9.89. The molecule has 0 unspecified atom stereocenters. The van der Waals surface area contributed by atoms with Crippen molar-refractivity contribution in [3.05, 3.63) is 24.8 Å². The van der Waals surface area contributed by atoms with E-state index in [1.165, 1.54) is 10.6 Å². The van der Waals surface area contributed by atoms with Crippen molar-refractivity contribution in [2.75, 3.05) is 24.6 Å². The number of fused-ring (bicyclic) bond motifs is 1. The number of nitrogens with two attached hydrogens (primary N) is 1. The maximum Gasteiger partial charge on any atom is 0.213 e. The molecule has 1 aliphatic rings. The van der Waals surface area contributed by atoms with E-state index >= 15 is 0 Å². The Morgan fingerprint density at radius 3 is 2.89 bits per heavy atom. The van der Waals surface area contributed by atoms with Crippen molar-refractivity contribution >= 4 is 26.9 Å². The van der Waals surface area contributed by atoms with E-state index in [2.05, 4.69) is 26.1 Å². The van der Waals surface area contributed by atoms with Gasteiger partial charge in [0, 0.05) is 30.9 Å². The van der Waals surface area contributed by atoms with Crippen LogP contribution in [0.5, 0.6) is 0 Å². The summed E-state index contributed by atoms with van der Waals surface area (Å²) in [5, 5.41) is 14.5. The highest BCUT2D eigenvalue weighted by molar-refractivity contribution is 7.89. The third-order valence-electron chi connectivity index (χ3n) is 4.95. The minimum Gasteiger partial charge on any atom is -0.382 e. The molecular weight excluding hydrogens is 368 g/mol. The van der Waals surface area contributed by atoms with E-state index in [4.69, 9.17) is 5.73 Å². The third kappa shape index (κ3) is 2.65. The Morgan fingerprint density at radius 1 is 1.41 bits per heavy atom. The predicted octanol–water partition coefficient (Wildman–Crippen LogP) is 0.678. The van der Waals surface area contributed by atoms with Crippen LogP contribution in [0, 0.1) is 11.3 Å². The first-order valence-electron chi connectivity index (χ1n) is 8.39. The fourth-order valence-electron chi connectivity index (χ4n) is 3.37. The van der Waals surface area contributed by atoms with Crippen LogP contribution < -0.4 is 5.73 Å². The van der Waals surface area contributed by atoms with Gasteiger partial charge < -0.3 is 10.7 Å². The minimum absolute atomic E-state index is 0.0224. The molecule has 0 bridgehead atoms. The molecule has 4 rings (SSSR count). The zero-order valence-corrected chi connectivity index (χ0v) is 15.4. The maximum atomic E-state index is 12.1. The number of nitrogens with one attached hydrogen (secondary N) is 1. The number of hydrogen-bond donors (Lipinski definition) is 2. The molecule has 1 fully saturated rings. The lowest BCUT2D eigenvalue weighted by Crippen LogP contribution is -2.64. The van der Waals surface area contributed by atoms with Crippen LogP contribution in [0.25, 0.3) is 22.3 Å². The second-order valence-corrected chi connectivity index (χ2v) is 8.82. The van der Waals surface area contributed by atoms with E-state index in [0.29, 0.717) is 16.9 Å². The highest BCUT2D eigenvalue weighted by Gasteiger charge is 2.50. The Morgan fingerprint density at radius 2 is 2.19 bits per heavy atom. The van der Waals surface area contributed by atoms with E-state index in [0.717, 1.165) is 5.39 Å². The molecule has 0 spiro atoms. The molecule has 1 saturated heterocycles. The number of sulfonamides is 1. The summed E-state index contributed by atoms with van der Waals surface area (Å²) < 4.78 is 27.2. The SMILES string of the molecule is CCS(=O)(=O)N1CC(CC#N)(n2cc(-c3ncnc4[nH]ccc34)c(N)n2)C1. The number of nitriles is 1. The Bertz CT molecular complexity index is 1150. The molecule has 0 radical (unpaired) electrons. The second kappa shape index (κ2) is 6.04. The summed E-state index contributed by atoms with van der Waals surface area (Å²) in [6, 6.07) is 3.99. The average molecular weight is 386 g/mol. The van der Waals surface area contributed by atoms with E-state index in [-0.39, 0.29) is 31.1 Å². The van der Waals surface area contributed by atoms with E-state index in [9.17, 15) is 13.7 Å². The van der Waals surface area contributed by atoms with Crippen molar-refractivity contribution in [3.63, 3.8) is 0 Å².